The van der Waals surface area contributed by atoms with Gasteiger partial charge in [-0.05, 0) is 32.1 Å². The van der Waals surface area contributed by atoms with E-state index in [0.717, 1.165) is 25.7 Å². The van der Waals surface area contributed by atoms with Gasteiger partial charge in [0.15, 0.2) is 0 Å². The smallest absolute Gasteiger partial charge is 0.326 e. The highest BCUT2D eigenvalue weighted by atomic mass is 16.5. The summed E-state index contributed by atoms with van der Waals surface area (Å²) < 4.78 is 5.32. The van der Waals surface area contributed by atoms with Crippen molar-refractivity contribution in [2.75, 3.05) is 6.61 Å². The van der Waals surface area contributed by atoms with Gasteiger partial charge in [0.25, 0.3) is 0 Å². The highest BCUT2D eigenvalue weighted by molar-refractivity contribution is 5.86. The molecule has 0 spiro atoms. The van der Waals surface area contributed by atoms with Crippen LogP contribution in [0.15, 0.2) is 0 Å². The van der Waals surface area contributed by atoms with Gasteiger partial charge in [0.2, 0.25) is 5.91 Å². The molecule has 2 N–H and O–H groups in total. The second kappa shape index (κ2) is 6.59. The third-order valence-corrected chi connectivity index (χ3v) is 2.89. The van der Waals surface area contributed by atoms with Gasteiger partial charge in [-0.2, -0.15) is 0 Å². The molecule has 0 bridgehead atoms. The Bertz CT molecular complexity index is 276. The second-order valence-corrected chi connectivity index (χ2v) is 4.53. The molecule has 0 heterocycles. The summed E-state index contributed by atoms with van der Waals surface area (Å²) in [4.78, 5) is 22.6. The fraction of sp³-hybridized carbons (Fsp3) is 0.833. The fourth-order valence-electron chi connectivity index (χ4n) is 1.56. The molecule has 0 radical (unpaired) electrons. The number of nitrogens with one attached hydrogen (secondary N) is 1. The lowest BCUT2D eigenvalue weighted by molar-refractivity contribution is -0.144. The van der Waals surface area contributed by atoms with Crippen LogP contribution in [0.4, 0.5) is 0 Å². The van der Waals surface area contributed by atoms with E-state index in [2.05, 4.69) is 5.32 Å². The van der Waals surface area contributed by atoms with Crippen molar-refractivity contribution in [2.24, 2.45) is 5.92 Å². The summed E-state index contributed by atoms with van der Waals surface area (Å²) in [6.07, 6.45) is 3.09. The number of hydrogen-bond acceptors (Lipinski definition) is 3. The monoisotopic (exact) mass is 243 g/mol. The lowest BCUT2D eigenvalue weighted by Gasteiger charge is -2.17. The Balaban J connectivity index is 2.32. The van der Waals surface area contributed by atoms with Crippen LogP contribution in [0.25, 0.3) is 0 Å². The van der Waals surface area contributed by atoms with Crippen molar-refractivity contribution in [3.05, 3.63) is 0 Å². The molecule has 5 heteroatoms. The van der Waals surface area contributed by atoms with E-state index in [1.54, 1.807) is 6.92 Å². The molecular formula is C12H21NO4. The lowest BCUT2D eigenvalue weighted by Crippen LogP contribution is -2.46. The zero-order chi connectivity index (χ0) is 12.8. The van der Waals surface area contributed by atoms with Gasteiger partial charge in [0.05, 0.1) is 0 Å². The molecule has 1 aliphatic rings. The molecule has 0 aromatic carbocycles. The van der Waals surface area contributed by atoms with Crippen molar-refractivity contribution in [2.45, 2.75) is 51.7 Å². The Morgan fingerprint density at radius 3 is 2.59 bits per heavy atom. The summed E-state index contributed by atoms with van der Waals surface area (Å²) in [5.41, 5.74) is 0. The molecule has 1 fully saturated rings. The van der Waals surface area contributed by atoms with E-state index < -0.39 is 18.1 Å². The minimum Gasteiger partial charge on any atom is -0.480 e. The van der Waals surface area contributed by atoms with Gasteiger partial charge in [-0.15, -0.1) is 0 Å². The van der Waals surface area contributed by atoms with Gasteiger partial charge in [0.1, 0.15) is 12.1 Å². The van der Waals surface area contributed by atoms with E-state index in [1.165, 1.54) is 0 Å². The van der Waals surface area contributed by atoms with Crippen LogP contribution < -0.4 is 5.32 Å². The number of hydrogen-bond donors (Lipinski definition) is 2. The number of carbonyl (C=O) groups is 2. The number of carbonyl (C=O) groups excluding carboxylic acids is 1. The largest absolute Gasteiger partial charge is 0.480 e. The van der Waals surface area contributed by atoms with Gasteiger partial charge in [-0.25, -0.2) is 4.79 Å². The van der Waals surface area contributed by atoms with E-state index in [-0.39, 0.29) is 11.8 Å². The predicted molar refractivity (Wildman–Crippen MR) is 62.6 cm³/mol. The topological polar surface area (TPSA) is 75.6 Å². The van der Waals surface area contributed by atoms with Crippen molar-refractivity contribution in [1.82, 2.24) is 5.32 Å². The molecule has 1 aliphatic carbocycles. The maximum Gasteiger partial charge on any atom is 0.326 e. The first-order chi connectivity index (χ1) is 8.06. The maximum absolute atomic E-state index is 11.7. The minimum atomic E-state index is -0.957. The molecule has 98 valence electrons. The molecule has 2 atom stereocenters. The zero-order valence-electron chi connectivity index (χ0n) is 10.4. The van der Waals surface area contributed by atoms with Gasteiger partial charge >= 0.3 is 5.97 Å². The average molecular weight is 243 g/mol. The average Bonchev–Trinajstić information content (AvgIpc) is 3.09. The quantitative estimate of drug-likeness (QED) is 0.627. The lowest BCUT2D eigenvalue weighted by atomic mass is 10.2. The highest BCUT2D eigenvalue weighted by Crippen LogP contribution is 2.32. The van der Waals surface area contributed by atoms with E-state index >= 15 is 0 Å². The summed E-state index contributed by atoms with van der Waals surface area (Å²) in [5.74, 6) is -1.19. The first-order valence-electron chi connectivity index (χ1n) is 6.21. The van der Waals surface area contributed by atoms with Crippen molar-refractivity contribution in [1.29, 1.82) is 0 Å². The number of carboxylic acids is 1. The first kappa shape index (κ1) is 14.0. The number of rotatable bonds is 8. The molecule has 17 heavy (non-hydrogen) atoms. The van der Waals surface area contributed by atoms with Crippen molar-refractivity contribution >= 4 is 11.9 Å². The molecule has 0 aliphatic heterocycles. The normalized spacial score (nSPS) is 18.5. The SMILES string of the molecule is CCCCOC(C)C(=O)NC(C(=O)O)C1CC1. The van der Waals surface area contributed by atoms with Gasteiger partial charge < -0.3 is 15.2 Å². The summed E-state index contributed by atoms with van der Waals surface area (Å²) >= 11 is 0. The Hall–Kier alpha value is -1.10. The van der Waals surface area contributed by atoms with Crippen LogP contribution in [0.1, 0.15) is 39.5 Å². The van der Waals surface area contributed by atoms with Crippen LogP contribution >= 0.6 is 0 Å². The fourth-order valence-corrected chi connectivity index (χ4v) is 1.56. The van der Waals surface area contributed by atoms with Crippen LogP contribution in [-0.2, 0) is 14.3 Å². The number of carboxylic acid groups (broad SMARTS) is 1. The number of aliphatic carboxylic acids is 1. The number of unbranched alkanes of at least 4 members (excludes halogenated alkanes) is 1. The highest BCUT2D eigenvalue weighted by Gasteiger charge is 2.37. The van der Waals surface area contributed by atoms with Crippen LogP contribution in [0.2, 0.25) is 0 Å². The Kier molecular flexibility index (Phi) is 5.41. The molecule has 2 unspecified atom stereocenters. The molecule has 1 amide bonds. The standard InChI is InChI=1S/C12H21NO4/c1-3-4-7-17-8(2)11(14)13-10(12(15)16)9-5-6-9/h8-10H,3-7H2,1-2H3,(H,13,14)(H,15,16). The third-order valence-electron chi connectivity index (χ3n) is 2.89. The van der Waals surface area contributed by atoms with E-state index in [1.807, 2.05) is 6.92 Å². The van der Waals surface area contributed by atoms with Crippen molar-refractivity contribution < 1.29 is 19.4 Å². The molecule has 1 saturated carbocycles. The van der Waals surface area contributed by atoms with Gasteiger partial charge in [-0.3, -0.25) is 4.79 Å². The molecule has 1 rings (SSSR count). The molecule has 0 aromatic rings. The van der Waals surface area contributed by atoms with Crippen LogP contribution in [-0.4, -0.2) is 35.7 Å². The maximum atomic E-state index is 11.7. The summed E-state index contributed by atoms with van der Waals surface area (Å²) in [6, 6.07) is -0.750. The second-order valence-electron chi connectivity index (χ2n) is 4.53. The number of amides is 1. The molecular weight excluding hydrogens is 222 g/mol. The van der Waals surface area contributed by atoms with Crippen molar-refractivity contribution in [3.8, 4) is 0 Å². The summed E-state index contributed by atoms with van der Waals surface area (Å²) in [6.45, 7) is 4.23. The van der Waals surface area contributed by atoms with Crippen LogP contribution in [0.5, 0.6) is 0 Å². The van der Waals surface area contributed by atoms with Crippen molar-refractivity contribution in [3.63, 3.8) is 0 Å². The zero-order valence-corrected chi connectivity index (χ0v) is 10.4. The predicted octanol–water partition coefficient (Wildman–Crippen LogP) is 1.17. The van der Waals surface area contributed by atoms with E-state index in [0.29, 0.717) is 6.61 Å². The molecule has 0 aromatic heterocycles. The summed E-state index contributed by atoms with van der Waals surface area (Å²) in [5, 5.41) is 11.5. The van der Waals surface area contributed by atoms with Crippen LogP contribution in [0.3, 0.4) is 0 Å². The van der Waals surface area contributed by atoms with Crippen LogP contribution in [0, 0.1) is 5.92 Å². The molecule has 0 saturated heterocycles. The van der Waals surface area contributed by atoms with E-state index in [9.17, 15) is 9.59 Å². The molecule has 5 nitrogen and oxygen atoms in total. The minimum absolute atomic E-state index is 0.0966. The Labute approximate surface area is 102 Å². The van der Waals surface area contributed by atoms with Gasteiger partial charge in [-0.1, -0.05) is 13.3 Å². The van der Waals surface area contributed by atoms with Gasteiger partial charge in [0, 0.05) is 6.61 Å². The Morgan fingerprint density at radius 2 is 2.12 bits per heavy atom. The first-order valence-corrected chi connectivity index (χ1v) is 6.21. The third kappa shape index (κ3) is 4.73. The number of ether oxygens (including phenoxy) is 1. The summed E-state index contributed by atoms with van der Waals surface area (Å²) in [7, 11) is 0. The van der Waals surface area contributed by atoms with E-state index in [4.69, 9.17) is 9.84 Å². The Morgan fingerprint density at radius 1 is 1.47 bits per heavy atom.